The van der Waals surface area contributed by atoms with E-state index >= 15 is 0 Å². The van der Waals surface area contributed by atoms with Gasteiger partial charge in [0.05, 0.1) is 18.3 Å². The van der Waals surface area contributed by atoms with Gasteiger partial charge in [0.15, 0.2) is 5.17 Å². The lowest BCUT2D eigenvalue weighted by Crippen LogP contribution is -2.35. The molecule has 0 fully saturated rings. The molecule has 1 aromatic carbocycles. The molecule has 0 saturated carbocycles. The lowest BCUT2D eigenvalue weighted by molar-refractivity contribution is 0.416. The molecule has 1 aliphatic rings. The Morgan fingerprint density at radius 3 is 2.58 bits per heavy atom. The van der Waals surface area contributed by atoms with Crippen molar-refractivity contribution in [2.24, 2.45) is 4.99 Å². The van der Waals surface area contributed by atoms with E-state index in [-0.39, 0.29) is 5.54 Å². The van der Waals surface area contributed by atoms with E-state index in [1.54, 1.807) is 18.9 Å². The van der Waals surface area contributed by atoms with Crippen LogP contribution in [0.25, 0.3) is 0 Å². The van der Waals surface area contributed by atoms with E-state index in [9.17, 15) is 0 Å². The molecule has 0 unspecified atom stereocenters. The monoisotopic (exact) mass is 276 g/mol. The Hall–Kier alpha value is -1.42. The molecule has 0 amide bonds. The van der Waals surface area contributed by atoms with Crippen LogP contribution in [-0.4, -0.2) is 24.1 Å². The fraction of sp³-hybridized carbons (Fsp3) is 0.400. The minimum Gasteiger partial charge on any atom is -0.495 e. The molecule has 0 atom stereocenters. The predicted octanol–water partition coefficient (Wildman–Crippen LogP) is 3.92. The van der Waals surface area contributed by atoms with Crippen LogP contribution in [0.4, 0.5) is 5.69 Å². The Morgan fingerprint density at radius 2 is 1.95 bits per heavy atom. The lowest BCUT2D eigenvalue weighted by atomic mass is 10.0. The lowest BCUT2D eigenvalue weighted by Gasteiger charge is -2.34. The van der Waals surface area contributed by atoms with Gasteiger partial charge < -0.3 is 4.74 Å². The van der Waals surface area contributed by atoms with Gasteiger partial charge in [-0.05, 0) is 45.2 Å². The van der Waals surface area contributed by atoms with Crippen molar-refractivity contribution >= 4 is 22.6 Å². The molecule has 102 valence electrons. The summed E-state index contributed by atoms with van der Waals surface area (Å²) in [4.78, 5) is 6.94. The van der Waals surface area contributed by atoms with E-state index in [2.05, 4.69) is 44.1 Å². The summed E-state index contributed by atoms with van der Waals surface area (Å²) in [7, 11) is 1.70. The fourth-order valence-corrected chi connectivity index (χ4v) is 3.05. The number of thioether (sulfide) groups is 1. The van der Waals surface area contributed by atoms with Crippen molar-refractivity contribution in [1.29, 1.82) is 0 Å². The molecule has 0 spiro atoms. The third-order valence-corrected chi connectivity index (χ3v) is 3.64. The first-order valence-electron chi connectivity index (χ1n) is 6.25. The molecule has 1 heterocycles. The van der Waals surface area contributed by atoms with Crippen molar-refractivity contribution in [3.05, 3.63) is 36.0 Å². The minimum atomic E-state index is -0.152. The van der Waals surface area contributed by atoms with Gasteiger partial charge in [0.1, 0.15) is 5.75 Å². The van der Waals surface area contributed by atoms with E-state index in [1.807, 2.05) is 18.2 Å². The maximum absolute atomic E-state index is 5.46. The molecule has 0 N–H and O–H groups in total. The van der Waals surface area contributed by atoms with Gasteiger partial charge in [-0.15, -0.1) is 0 Å². The summed E-state index contributed by atoms with van der Waals surface area (Å²) in [5.41, 5.74) is 2.05. The van der Waals surface area contributed by atoms with Crippen molar-refractivity contribution < 1.29 is 4.74 Å². The quantitative estimate of drug-likeness (QED) is 0.818. The molecule has 1 aromatic rings. The number of amidine groups is 1. The average Bonchev–Trinajstić information content (AvgIpc) is 2.37. The molecule has 0 radical (unpaired) electrons. The van der Waals surface area contributed by atoms with Crippen LogP contribution < -0.4 is 9.64 Å². The van der Waals surface area contributed by atoms with Gasteiger partial charge in [-0.2, -0.15) is 0 Å². The van der Waals surface area contributed by atoms with Crippen LogP contribution in [0.1, 0.15) is 20.8 Å². The number of para-hydroxylation sites is 2. The zero-order valence-corrected chi connectivity index (χ0v) is 12.9. The standard InChI is InChI=1S/C15H20N2OS/c1-11-10-15(2,3)16-14(19-5)17(11)12-8-6-7-9-13(12)18-4/h6-10H,1-5H3. The number of hydrogen-bond donors (Lipinski definition) is 0. The van der Waals surface area contributed by atoms with E-state index in [0.29, 0.717) is 0 Å². The Labute approximate surface area is 119 Å². The molecule has 19 heavy (non-hydrogen) atoms. The molecule has 1 aliphatic heterocycles. The molecule has 3 nitrogen and oxygen atoms in total. The number of aliphatic imine (C=N–C) groups is 1. The summed E-state index contributed by atoms with van der Waals surface area (Å²) in [5.74, 6) is 0.858. The van der Waals surface area contributed by atoms with E-state index in [1.165, 1.54) is 5.70 Å². The first-order chi connectivity index (χ1) is 8.98. The molecule has 2 rings (SSSR count). The molecule has 4 heteroatoms. The Kier molecular flexibility index (Phi) is 3.90. The first kappa shape index (κ1) is 14.0. The highest BCUT2D eigenvalue weighted by atomic mass is 32.2. The second-order valence-electron chi connectivity index (χ2n) is 5.05. The van der Waals surface area contributed by atoms with E-state index < -0.39 is 0 Å². The smallest absolute Gasteiger partial charge is 0.168 e. The second-order valence-corrected chi connectivity index (χ2v) is 5.82. The summed E-state index contributed by atoms with van der Waals surface area (Å²) in [6, 6.07) is 8.02. The minimum absolute atomic E-state index is 0.152. The second kappa shape index (κ2) is 5.29. The highest BCUT2D eigenvalue weighted by molar-refractivity contribution is 8.13. The zero-order valence-electron chi connectivity index (χ0n) is 12.1. The predicted molar refractivity (Wildman–Crippen MR) is 84.3 cm³/mol. The van der Waals surface area contributed by atoms with Crippen LogP contribution in [0.2, 0.25) is 0 Å². The van der Waals surface area contributed by atoms with Crippen molar-refractivity contribution in [2.45, 2.75) is 26.3 Å². The maximum Gasteiger partial charge on any atom is 0.168 e. The molecule has 0 aliphatic carbocycles. The normalized spacial score (nSPS) is 17.8. The maximum atomic E-state index is 5.46. The van der Waals surface area contributed by atoms with Crippen molar-refractivity contribution in [3.63, 3.8) is 0 Å². The first-order valence-corrected chi connectivity index (χ1v) is 7.47. The van der Waals surface area contributed by atoms with Gasteiger partial charge in [0.2, 0.25) is 0 Å². The van der Waals surface area contributed by atoms with Crippen LogP contribution >= 0.6 is 11.8 Å². The molecular weight excluding hydrogens is 256 g/mol. The number of nitrogens with zero attached hydrogens (tertiary/aromatic N) is 2. The van der Waals surface area contributed by atoms with Crippen molar-refractivity contribution in [1.82, 2.24) is 0 Å². The highest BCUT2D eigenvalue weighted by Crippen LogP contribution is 2.36. The van der Waals surface area contributed by atoms with Gasteiger partial charge in [-0.1, -0.05) is 23.9 Å². The third-order valence-electron chi connectivity index (χ3n) is 3.00. The molecule has 0 saturated heterocycles. The zero-order chi connectivity index (χ0) is 14.0. The fourth-order valence-electron chi connectivity index (χ4n) is 2.30. The van der Waals surface area contributed by atoms with Gasteiger partial charge >= 0.3 is 0 Å². The number of anilines is 1. The largest absolute Gasteiger partial charge is 0.495 e. The Morgan fingerprint density at radius 1 is 1.26 bits per heavy atom. The van der Waals surface area contributed by atoms with Gasteiger partial charge in [-0.25, -0.2) is 0 Å². The van der Waals surface area contributed by atoms with Crippen LogP contribution in [0.15, 0.2) is 41.0 Å². The molecule has 0 aromatic heterocycles. The van der Waals surface area contributed by atoms with E-state index in [0.717, 1.165) is 16.6 Å². The third kappa shape index (κ3) is 2.78. The van der Waals surface area contributed by atoms with Crippen molar-refractivity contribution in [3.8, 4) is 5.75 Å². The van der Waals surface area contributed by atoms with Gasteiger partial charge in [-0.3, -0.25) is 9.89 Å². The summed E-state index contributed by atoms with van der Waals surface area (Å²) >= 11 is 1.65. The molecular formula is C15H20N2OS. The summed E-state index contributed by atoms with van der Waals surface area (Å²) < 4.78 is 5.46. The average molecular weight is 276 g/mol. The summed E-state index contributed by atoms with van der Waals surface area (Å²) in [5, 5.41) is 0.995. The number of hydrogen-bond acceptors (Lipinski definition) is 4. The van der Waals surface area contributed by atoms with Gasteiger partial charge in [0.25, 0.3) is 0 Å². The number of rotatable bonds is 2. The topological polar surface area (TPSA) is 24.8 Å². The highest BCUT2D eigenvalue weighted by Gasteiger charge is 2.27. The van der Waals surface area contributed by atoms with Crippen LogP contribution in [0.3, 0.4) is 0 Å². The number of methoxy groups -OCH3 is 1. The summed E-state index contributed by atoms with van der Waals surface area (Å²) in [6.07, 6.45) is 4.23. The molecule has 0 bridgehead atoms. The SMILES string of the molecule is COc1ccccc1N1C(C)=CC(C)(C)N=C1SC. The van der Waals surface area contributed by atoms with Crippen LogP contribution in [0, 0.1) is 0 Å². The van der Waals surface area contributed by atoms with Crippen molar-refractivity contribution in [2.75, 3.05) is 18.3 Å². The summed E-state index contributed by atoms with van der Waals surface area (Å²) in [6.45, 7) is 6.34. The van der Waals surface area contributed by atoms with E-state index in [4.69, 9.17) is 9.73 Å². The Bertz CT molecular complexity index is 535. The van der Waals surface area contributed by atoms with Crippen LogP contribution in [0.5, 0.6) is 5.75 Å². The van der Waals surface area contributed by atoms with Crippen LogP contribution in [-0.2, 0) is 0 Å². The Balaban J connectivity index is 2.52. The number of ether oxygens (including phenoxy) is 1. The number of benzene rings is 1. The number of allylic oxidation sites excluding steroid dienone is 1. The van der Waals surface area contributed by atoms with Gasteiger partial charge in [0, 0.05) is 5.70 Å².